The minimum atomic E-state index is -0.179. The van der Waals surface area contributed by atoms with Gasteiger partial charge < -0.3 is 10.6 Å². The van der Waals surface area contributed by atoms with E-state index in [4.69, 9.17) is 0 Å². The predicted molar refractivity (Wildman–Crippen MR) is 106 cm³/mol. The van der Waals surface area contributed by atoms with E-state index < -0.39 is 0 Å². The van der Waals surface area contributed by atoms with Crippen LogP contribution in [0, 0.1) is 0 Å². The van der Waals surface area contributed by atoms with Gasteiger partial charge in [-0.05, 0) is 30.2 Å². The minimum Gasteiger partial charge on any atom is -0.334 e. The number of aromatic nitrogens is 2. The standard InChI is InChI=1S/C21H23N5O/c27-21(24-19-9-4-5-10-20(19)26-13-6-12-22-26)23-18-11-14-25(16-18)15-17-7-2-1-3-8-17/h1-10,12-13,18H,11,14-16H2,(H2,23,24,27)/t18-/m1/s1. The van der Waals surface area contributed by atoms with Crippen molar-refractivity contribution in [3.8, 4) is 5.69 Å². The van der Waals surface area contributed by atoms with Crippen LogP contribution in [-0.4, -0.2) is 39.8 Å². The molecule has 1 atom stereocenters. The molecule has 1 saturated heterocycles. The Balaban J connectivity index is 1.33. The highest BCUT2D eigenvalue weighted by molar-refractivity contribution is 5.91. The number of carbonyl (C=O) groups is 1. The highest BCUT2D eigenvalue weighted by Crippen LogP contribution is 2.19. The second-order valence-electron chi connectivity index (χ2n) is 6.77. The van der Waals surface area contributed by atoms with Crippen LogP contribution in [0.3, 0.4) is 0 Å². The van der Waals surface area contributed by atoms with Crippen molar-refractivity contribution in [2.45, 2.75) is 19.0 Å². The van der Waals surface area contributed by atoms with Crippen molar-refractivity contribution < 1.29 is 4.79 Å². The van der Waals surface area contributed by atoms with Gasteiger partial charge in [0.15, 0.2) is 0 Å². The van der Waals surface area contributed by atoms with Gasteiger partial charge in [0, 0.05) is 38.1 Å². The van der Waals surface area contributed by atoms with E-state index in [9.17, 15) is 4.79 Å². The normalized spacial score (nSPS) is 17.0. The molecule has 4 rings (SSSR count). The van der Waals surface area contributed by atoms with Crippen molar-refractivity contribution in [1.82, 2.24) is 20.0 Å². The number of rotatable bonds is 5. The van der Waals surface area contributed by atoms with Crippen molar-refractivity contribution in [3.63, 3.8) is 0 Å². The lowest BCUT2D eigenvalue weighted by Gasteiger charge is -2.17. The Kier molecular flexibility index (Phi) is 5.16. The number of amides is 2. The molecular formula is C21H23N5O. The van der Waals surface area contributed by atoms with Crippen LogP contribution in [0.2, 0.25) is 0 Å². The number of benzene rings is 2. The lowest BCUT2D eigenvalue weighted by molar-refractivity contribution is 0.247. The smallest absolute Gasteiger partial charge is 0.319 e. The summed E-state index contributed by atoms with van der Waals surface area (Å²) in [6.45, 7) is 2.77. The fourth-order valence-corrected chi connectivity index (χ4v) is 3.47. The van der Waals surface area contributed by atoms with Crippen LogP contribution < -0.4 is 10.6 Å². The molecule has 6 heteroatoms. The van der Waals surface area contributed by atoms with Crippen molar-refractivity contribution in [1.29, 1.82) is 0 Å². The summed E-state index contributed by atoms with van der Waals surface area (Å²) in [4.78, 5) is 14.9. The van der Waals surface area contributed by atoms with E-state index in [0.717, 1.165) is 37.4 Å². The lowest BCUT2D eigenvalue weighted by Crippen LogP contribution is -2.39. The van der Waals surface area contributed by atoms with E-state index in [1.165, 1.54) is 5.56 Å². The number of hydrogen-bond donors (Lipinski definition) is 2. The van der Waals surface area contributed by atoms with Gasteiger partial charge in [0.2, 0.25) is 0 Å². The maximum atomic E-state index is 12.5. The number of likely N-dealkylation sites (tertiary alicyclic amines) is 1. The summed E-state index contributed by atoms with van der Waals surface area (Å²) in [5, 5.41) is 10.3. The van der Waals surface area contributed by atoms with Crippen LogP contribution >= 0.6 is 0 Å². The van der Waals surface area contributed by atoms with E-state index in [-0.39, 0.29) is 12.1 Å². The third kappa shape index (κ3) is 4.35. The summed E-state index contributed by atoms with van der Waals surface area (Å²) in [6.07, 6.45) is 4.54. The Hall–Kier alpha value is -3.12. The first-order valence-corrected chi connectivity index (χ1v) is 9.21. The van der Waals surface area contributed by atoms with Gasteiger partial charge in [0.1, 0.15) is 0 Å². The maximum absolute atomic E-state index is 12.5. The van der Waals surface area contributed by atoms with Crippen LogP contribution in [-0.2, 0) is 6.54 Å². The number of para-hydroxylation sites is 2. The molecule has 138 valence electrons. The molecule has 0 saturated carbocycles. The van der Waals surface area contributed by atoms with Crippen molar-refractivity contribution >= 4 is 11.7 Å². The number of nitrogens with zero attached hydrogens (tertiary/aromatic N) is 3. The second kappa shape index (κ2) is 8.05. The molecule has 0 radical (unpaired) electrons. The number of hydrogen-bond acceptors (Lipinski definition) is 3. The highest BCUT2D eigenvalue weighted by atomic mass is 16.2. The van der Waals surface area contributed by atoms with Gasteiger partial charge in [-0.2, -0.15) is 5.10 Å². The van der Waals surface area contributed by atoms with E-state index in [0.29, 0.717) is 0 Å². The molecule has 0 unspecified atom stereocenters. The van der Waals surface area contributed by atoms with Gasteiger partial charge in [0.25, 0.3) is 0 Å². The maximum Gasteiger partial charge on any atom is 0.319 e. The molecule has 6 nitrogen and oxygen atoms in total. The molecule has 1 aromatic heterocycles. The summed E-state index contributed by atoms with van der Waals surface area (Å²) in [5.74, 6) is 0. The van der Waals surface area contributed by atoms with Crippen LogP contribution in [0.15, 0.2) is 73.1 Å². The number of anilines is 1. The molecule has 27 heavy (non-hydrogen) atoms. The van der Waals surface area contributed by atoms with E-state index in [2.05, 4.69) is 44.9 Å². The molecule has 1 aliphatic heterocycles. The van der Waals surface area contributed by atoms with Gasteiger partial charge in [0.05, 0.1) is 11.4 Å². The molecule has 2 amide bonds. The third-order valence-electron chi connectivity index (χ3n) is 4.76. The molecule has 1 aliphatic rings. The number of nitrogens with one attached hydrogen (secondary N) is 2. The quantitative estimate of drug-likeness (QED) is 0.733. The first kappa shape index (κ1) is 17.3. The molecule has 2 aromatic carbocycles. The molecule has 0 bridgehead atoms. The Bertz CT molecular complexity index is 879. The van der Waals surface area contributed by atoms with Gasteiger partial charge in [-0.25, -0.2) is 9.48 Å². The zero-order valence-electron chi connectivity index (χ0n) is 15.1. The average molecular weight is 361 g/mol. The van der Waals surface area contributed by atoms with Crippen LogP contribution in [0.1, 0.15) is 12.0 Å². The number of carbonyl (C=O) groups excluding carboxylic acids is 1. The first-order chi connectivity index (χ1) is 13.3. The zero-order valence-corrected chi connectivity index (χ0v) is 15.1. The van der Waals surface area contributed by atoms with Crippen molar-refractivity contribution in [3.05, 3.63) is 78.6 Å². The SMILES string of the molecule is O=C(Nc1ccccc1-n1cccn1)N[C@@H]1CCN(Cc2ccccc2)C1. The van der Waals surface area contributed by atoms with Crippen LogP contribution in [0.4, 0.5) is 10.5 Å². The first-order valence-electron chi connectivity index (χ1n) is 9.21. The van der Waals surface area contributed by atoms with Gasteiger partial charge in [-0.15, -0.1) is 0 Å². The Labute approximate surface area is 158 Å². The summed E-state index contributed by atoms with van der Waals surface area (Å²) in [7, 11) is 0. The van der Waals surface area contributed by atoms with Gasteiger partial charge in [-0.1, -0.05) is 42.5 Å². The van der Waals surface area contributed by atoms with Crippen molar-refractivity contribution in [2.24, 2.45) is 0 Å². The predicted octanol–water partition coefficient (Wildman–Crippen LogP) is 3.27. The van der Waals surface area contributed by atoms with Crippen LogP contribution in [0.5, 0.6) is 0 Å². The average Bonchev–Trinajstić information content (AvgIpc) is 3.35. The van der Waals surface area contributed by atoms with E-state index >= 15 is 0 Å². The second-order valence-corrected chi connectivity index (χ2v) is 6.77. The Morgan fingerprint density at radius 1 is 1.07 bits per heavy atom. The minimum absolute atomic E-state index is 0.158. The Morgan fingerprint density at radius 3 is 2.70 bits per heavy atom. The molecule has 3 aromatic rings. The zero-order chi connectivity index (χ0) is 18.5. The molecule has 0 spiro atoms. The Morgan fingerprint density at radius 2 is 1.89 bits per heavy atom. The van der Waals surface area contributed by atoms with Gasteiger partial charge in [-0.3, -0.25) is 4.90 Å². The molecule has 2 N–H and O–H groups in total. The van der Waals surface area contributed by atoms with E-state index in [1.807, 2.05) is 42.6 Å². The van der Waals surface area contributed by atoms with E-state index in [1.54, 1.807) is 10.9 Å². The largest absolute Gasteiger partial charge is 0.334 e. The monoisotopic (exact) mass is 361 g/mol. The van der Waals surface area contributed by atoms with Crippen molar-refractivity contribution in [2.75, 3.05) is 18.4 Å². The summed E-state index contributed by atoms with van der Waals surface area (Å²) < 4.78 is 1.74. The number of urea groups is 1. The summed E-state index contributed by atoms with van der Waals surface area (Å²) in [5.41, 5.74) is 2.88. The highest BCUT2D eigenvalue weighted by Gasteiger charge is 2.24. The molecule has 1 fully saturated rings. The third-order valence-corrected chi connectivity index (χ3v) is 4.76. The molecule has 2 heterocycles. The van der Waals surface area contributed by atoms with Crippen LogP contribution in [0.25, 0.3) is 5.69 Å². The summed E-state index contributed by atoms with van der Waals surface area (Å²) in [6, 6.07) is 19.9. The summed E-state index contributed by atoms with van der Waals surface area (Å²) >= 11 is 0. The molecule has 0 aliphatic carbocycles. The lowest BCUT2D eigenvalue weighted by atomic mass is 10.2. The fourth-order valence-electron chi connectivity index (χ4n) is 3.47. The molecular weight excluding hydrogens is 338 g/mol. The van der Waals surface area contributed by atoms with Gasteiger partial charge >= 0.3 is 6.03 Å². The fraction of sp³-hybridized carbons (Fsp3) is 0.238. The topological polar surface area (TPSA) is 62.2 Å².